The van der Waals surface area contributed by atoms with E-state index in [0.717, 1.165) is 38.0 Å². The fourth-order valence-electron chi connectivity index (χ4n) is 2.34. The number of esters is 1. The number of rotatable bonds is 7. The van der Waals surface area contributed by atoms with Crippen LogP contribution in [0.25, 0.3) is 0 Å². The Morgan fingerprint density at radius 1 is 1.50 bits per heavy atom. The molecule has 0 aromatic rings. The topological polar surface area (TPSA) is 61.5 Å². The van der Waals surface area contributed by atoms with Crippen molar-refractivity contribution in [2.45, 2.75) is 44.2 Å². The van der Waals surface area contributed by atoms with E-state index in [-0.39, 0.29) is 5.97 Å². The van der Waals surface area contributed by atoms with E-state index < -0.39 is 5.54 Å². The highest BCUT2D eigenvalue weighted by Crippen LogP contribution is 2.40. The minimum Gasteiger partial charge on any atom is -0.465 e. The smallest absolute Gasteiger partial charge is 0.327 e. The summed E-state index contributed by atoms with van der Waals surface area (Å²) in [6, 6.07) is 0. The number of nitrogens with two attached hydrogens (primary N) is 1. The zero-order valence-corrected chi connectivity index (χ0v) is 11.8. The molecule has 2 unspecified atom stereocenters. The molecule has 4 nitrogen and oxygen atoms in total. The highest BCUT2D eigenvalue weighted by Gasteiger charge is 2.49. The van der Waals surface area contributed by atoms with Gasteiger partial charge in [0.25, 0.3) is 0 Å². The van der Waals surface area contributed by atoms with Crippen LogP contribution < -0.4 is 5.73 Å². The minimum absolute atomic E-state index is 0.229. The third kappa shape index (κ3) is 3.39. The molecule has 1 aliphatic carbocycles. The second-order valence-corrected chi connectivity index (χ2v) is 6.22. The molecule has 2 rings (SSSR count). The largest absolute Gasteiger partial charge is 0.465 e. The Kier molecular flexibility index (Phi) is 4.92. The quantitative estimate of drug-likeness (QED) is 0.713. The molecule has 104 valence electrons. The van der Waals surface area contributed by atoms with Gasteiger partial charge in [0.15, 0.2) is 0 Å². The fraction of sp³-hybridized carbons (Fsp3) is 0.923. The zero-order valence-electron chi connectivity index (χ0n) is 11.0. The van der Waals surface area contributed by atoms with Gasteiger partial charge in [-0.1, -0.05) is 0 Å². The number of carbonyl (C=O) groups is 1. The predicted octanol–water partition coefficient (Wildman–Crippen LogP) is 1.57. The van der Waals surface area contributed by atoms with E-state index in [0.29, 0.717) is 24.4 Å². The van der Waals surface area contributed by atoms with Crippen LogP contribution in [0, 0.1) is 5.92 Å². The van der Waals surface area contributed by atoms with Crippen LogP contribution in [0.3, 0.4) is 0 Å². The molecule has 0 bridgehead atoms. The Hall–Kier alpha value is -0.260. The molecule has 2 fully saturated rings. The number of carbonyl (C=O) groups excluding carboxylic acids is 1. The summed E-state index contributed by atoms with van der Waals surface area (Å²) in [6.07, 6.45) is 4.74. The van der Waals surface area contributed by atoms with Crippen molar-refractivity contribution in [2.24, 2.45) is 11.7 Å². The highest BCUT2D eigenvalue weighted by atomic mass is 32.2. The average molecular weight is 273 g/mol. The third-order valence-electron chi connectivity index (χ3n) is 3.63. The van der Waals surface area contributed by atoms with Crippen molar-refractivity contribution in [2.75, 3.05) is 24.7 Å². The number of hydrogen-bond donors (Lipinski definition) is 1. The van der Waals surface area contributed by atoms with Crippen LogP contribution in [0.4, 0.5) is 0 Å². The highest BCUT2D eigenvalue weighted by molar-refractivity contribution is 7.99. The summed E-state index contributed by atoms with van der Waals surface area (Å²) >= 11 is 1.73. The van der Waals surface area contributed by atoms with Crippen LogP contribution in [0.1, 0.15) is 32.6 Å². The Morgan fingerprint density at radius 3 is 2.83 bits per heavy atom. The van der Waals surface area contributed by atoms with Gasteiger partial charge in [0.1, 0.15) is 5.54 Å². The molecule has 2 N–H and O–H groups in total. The van der Waals surface area contributed by atoms with E-state index in [4.69, 9.17) is 15.2 Å². The van der Waals surface area contributed by atoms with Gasteiger partial charge in [-0.05, 0) is 38.5 Å². The molecular formula is C13H23NO3S. The van der Waals surface area contributed by atoms with E-state index in [1.165, 1.54) is 0 Å². The molecule has 1 aliphatic heterocycles. The van der Waals surface area contributed by atoms with Crippen molar-refractivity contribution >= 4 is 17.7 Å². The Labute approximate surface area is 113 Å². The van der Waals surface area contributed by atoms with Gasteiger partial charge in [-0.3, -0.25) is 4.79 Å². The lowest BCUT2D eigenvalue weighted by atomic mass is 9.97. The van der Waals surface area contributed by atoms with E-state index in [9.17, 15) is 4.79 Å². The van der Waals surface area contributed by atoms with Crippen molar-refractivity contribution < 1.29 is 14.3 Å². The predicted molar refractivity (Wildman–Crippen MR) is 72.6 cm³/mol. The van der Waals surface area contributed by atoms with E-state index >= 15 is 0 Å². The number of hydrogen-bond acceptors (Lipinski definition) is 5. The maximum atomic E-state index is 12.0. The summed E-state index contributed by atoms with van der Waals surface area (Å²) in [7, 11) is 0. The summed E-state index contributed by atoms with van der Waals surface area (Å²) < 4.78 is 10.7. The Balaban J connectivity index is 1.79. The van der Waals surface area contributed by atoms with Crippen molar-refractivity contribution in [1.29, 1.82) is 0 Å². The van der Waals surface area contributed by atoms with Crippen molar-refractivity contribution in [1.82, 2.24) is 0 Å². The summed E-state index contributed by atoms with van der Waals surface area (Å²) in [5, 5.41) is 0. The van der Waals surface area contributed by atoms with Gasteiger partial charge in [-0.2, -0.15) is 11.8 Å². The van der Waals surface area contributed by atoms with Gasteiger partial charge in [0, 0.05) is 18.1 Å². The van der Waals surface area contributed by atoms with Crippen molar-refractivity contribution in [3.63, 3.8) is 0 Å². The fourth-order valence-corrected chi connectivity index (χ4v) is 3.68. The standard InChI is InChI=1S/C13H23NO3S/c1-2-16-12(15)13(14,10-5-6-10)9-18-8-11-4-3-7-17-11/h10-11H,2-9,14H2,1H3. The molecule has 1 saturated heterocycles. The molecule has 1 heterocycles. The van der Waals surface area contributed by atoms with Gasteiger partial charge in [-0.15, -0.1) is 0 Å². The first-order chi connectivity index (χ1) is 8.66. The van der Waals surface area contributed by atoms with Crippen molar-refractivity contribution in [3.05, 3.63) is 0 Å². The molecule has 2 atom stereocenters. The van der Waals surface area contributed by atoms with Crippen LogP contribution in [0.5, 0.6) is 0 Å². The molecule has 0 spiro atoms. The summed E-state index contributed by atoms with van der Waals surface area (Å²) in [5.41, 5.74) is 5.50. The molecule has 0 radical (unpaired) electrons. The monoisotopic (exact) mass is 273 g/mol. The van der Waals surface area contributed by atoms with Crippen LogP contribution in [-0.2, 0) is 14.3 Å². The second-order valence-electron chi connectivity index (χ2n) is 5.19. The normalized spacial score (nSPS) is 26.9. The summed E-state index contributed by atoms with van der Waals surface area (Å²) in [4.78, 5) is 12.0. The molecule has 0 aromatic carbocycles. The maximum absolute atomic E-state index is 12.0. The van der Waals surface area contributed by atoms with Crippen molar-refractivity contribution in [3.8, 4) is 0 Å². The maximum Gasteiger partial charge on any atom is 0.327 e. The number of ether oxygens (including phenoxy) is 2. The van der Waals surface area contributed by atoms with Gasteiger partial charge in [-0.25, -0.2) is 0 Å². The molecular weight excluding hydrogens is 250 g/mol. The third-order valence-corrected chi connectivity index (χ3v) is 4.92. The first-order valence-corrected chi connectivity index (χ1v) is 7.97. The zero-order chi connectivity index (χ0) is 13.0. The SMILES string of the molecule is CCOC(=O)C(N)(CSCC1CCCO1)C1CC1. The van der Waals surface area contributed by atoms with Crippen LogP contribution in [-0.4, -0.2) is 42.3 Å². The average Bonchev–Trinajstić information content (AvgIpc) is 3.09. The van der Waals surface area contributed by atoms with E-state index in [2.05, 4.69) is 0 Å². The molecule has 0 amide bonds. The Bertz CT molecular complexity index is 290. The van der Waals surface area contributed by atoms with Crippen LogP contribution in [0.15, 0.2) is 0 Å². The lowest BCUT2D eigenvalue weighted by Gasteiger charge is -2.27. The Morgan fingerprint density at radius 2 is 2.28 bits per heavy atom. The first kappa shape index (κ1) is 14.2. The molecule has 1 saturated carbocycles. The van der Waals surface area contributed by atoms with Crippen LogP contribution in [0.2, 0.25) is 0 Å². The second kappa shape index (κ2) is 6.26. The number of thioether (sulfide) groups is 1. The molecule has 18 heavy (non-hydrogen) atoms. The van der Waals surface area contributed by atoms with Gasteiger partial charge < -0.3 is 15.2 Å². The van der Waals surface area contributed by atoms with Crippen LogP contribution >= 0.6 is 11.8 Å². The van der Waals surface area contributed by atoms with Gasteiger partial charge in [0.05, 0.1) is 12.7 Å². The van der Waals surface area contributed by atoms with E-state index in [1.54, 1.807) is 11.8 Å². The minimum atomic E-state index is -0.778. The molecule has 0 aromatic heterocycles. The molecule has 2 aliphatic rings. The first-order valence-electron chi connectivity index (χ1n) is 6.82. The lowest BCUT2D eigenvalue weighted by molar-refractivity contribution is -0.149. The van der Waals surface area contributed by atoms with Gasteiger partial charge >= 0.3 is 5.97 Å². The summed E-state index contributed by atoms with van der Waals surface area (Å²) in [5.74, 6) is 1.67. The van der Waals surface area contributed by atoms with Gasteiger partial charge in [0.2, 0.25) is 0 Å². The molecule has 5 heteroatoms. The summed E-state index contributed by atoms with van der Waals surface area (Å²) in [6.45, 7) is 3.10. The van der Waals surface area contributed by atoms with E-state index in [1.807, 2.05) is 6.92 Å². The lowest BCUT2D eigenvalue weighted by Crippen LogP contribution is -2.53.